The van der Waals surface area contributed by atoms with Crippen molar-refractivity contribution in [2.24, 2.45) is 0 Å². The fourth-order valence-electron chi connectivity index (χ4n) is 1.74. The maximum Gasteiger partial charge on any atom is 0.196 e. The number of hydrogen-bond acceptors (Lipinski definition) is 2. The van der Waals surface area contributed by atoms with Gasteiger partial charge in [0.25, 0.3) is 0 Å². The van der Waals surface area contributed by atoms with Gasteiger partial charge in [0, 0.05) is 11.6 Å². The second-order valence-corrected chi connectivity index (χ2v) is 5.02. The van der Waals surface area contributed by atoms with E-state index in [1.165, 1.54) is 19.2 Å². The number of methoxy groups -OCH3 is 1. The van der Waals surface area contributed by atoms with E-state index in [-0.39, 0.29) is 16.0 Å². The number of rotatable bonds is 3. The van der Waals surface area contributed by atoms with Gasteiger partial charge in [-0.3, -0.25) is 4.79 Å². The number of carbonyl (C=O) groups is 1. The van der Waals surface area contributed by atoms with Crippen LogP contribution in [-0.4, -0.2) is 12.9 Å². The molecular weight excluding hydrogens is 311 g/mol. The van der Waals surface area contributed by atoms with Gasteiger partial charge in [-0.05, 0) is 28.9 Å². The molecule has 2 aromatic carbocycles. The zero-order chi connectivity index (χ0) is 14.0. The molecule has 2 aromatic rings. The fourth-order valence-corrected chi connectivity index (χ4v) is 2.08. The van der Waals surface area contributed by atoms with Crippen LogP contribution in [0, 0.1) is 12.7 Å². The van der Waals surface area contributed by atoms with E-state index >= 15 is 0 Å². The number of benzene rings is 2. The summed E-state index contributed by atoms with van der Waals surface area (Å²) in [5.41, 5.74) is 1.95. The zero-order valence-electron chi connectivity index (χ0n) is 10.5. The molecule has 0 aliphatic rings. The number of ether oxygens (including phenoxy) is 1. The molecule has 19 heavy (non-hydrogen) atoms. The van der Waals surface area contributed by atoms with Crippen LogP contribution in [0.25, 0.3) is 0 Å². The Hall–Kier alpha value is -1.68. The predicted octanol–water partition coefficient (Wildman–Crippen LogP) is 4.14. The van der Waals surface area contributed by atoms with Crippen molar-refractivity contribution in [3.05, 3.63) is 63.4 Å². The van der Waals surface area contributed by atoms with E-state index in [4.69, 9.17) is 4.74 Å². The monoisotopic (exact) mass is 322 g/mol. The minimum absolute atomic E-state index is 0.197. The third-order valence-corrected chi connectivity index (χ3v) is 3.41. The molecule has 0 saturated heterocycles. The van der Waals surface area contributed by atoms with Crippen molar-refractivity contribution >= 4 is 21.7 Å². The van der Waals surface area contributed by atoms with Crippen molar-refractivity contribution < 1.29 is 13.9 Å². The maximum atomic E-state index is 13.4. The van der Waals surface area contributed by atoms with Gasteiger partial charge in [0.15, 0.2) is 5.78 Å². The third-order valence-electron chi connectivity index (χ3n) is 2.80. The number of hydrogen-bond donors (Lipinski definition) is 0. The Morgan fingerprint density at radius 2 is 1.84 bits per heavy atom. The van der Waals surface area contributed by atoms with Crippen LogP contribution in [0.3, 0.4) is 0 Å². The van der Waals surface area contributed by atoms with Crippen LogP contribution < -0.4 is 4.74 Å². The smallest absolute Gasteiger partial charge is 0.196 e. The van der Waals surface area contributed by atoms with Crippen molar-refractivity contribution in [3.63, 3.8) is 0 Å². The van der Waals surface area contributed by atoms with Gasteiger partial charge in [-0.1, -0.05) is 29.8 Å². The lowest BCUT2D eigenvalue weighted by Crippen LogP contribution is -2.05. The van der Waals surface area contributed by atoms with Crippen LogP contribution in [0.5, 0.6) is 5.75 Å². The van der Waals surface area contributed by atoms with Gasteiger partial charge in [-0.25, -0.2) is 4.39 Å². The number of ketones is 1. The quantitative estimate of drug-likeness (QED) is 0.794. The first-order valence-electron chi connectivity index (χ1n) is 5.67. The SMILES string of the molecule is COc1cc(F)c(Br)cc1C(=O)c1ccc(C)cc1. The van der Waals surface area contributed by atoms with E-state index in [1.807, 2.05) is 19.1 Å². The molecule has 0 aromatic heterocycles. The lowest BCUT2D eigenvalue weighted by atomic mass is 10.0. The van der Waals surface area contributed by atoms with Crippen molar-refractivity contribution in [1.82, 2.24) is 0 Å². The van der Waals surface area contributed by atoms with Crippen molar-refractivity contribution in [3.8, 4) is 5.75 Å². The Labute approximate surface area is 119 Å². The topological polar surface area (TPSA) is 26.3 Å². The van der Waals surface area contributed by atoms with Crippen molar-refractivity contribution in [2.75, 3.05) is 7.11 Å². The van der Waals surface area contributed by atoms with Crippen LogP contribution >= 0.6 is 15.9 Å². The second kappa shape index (κ2) is 5.53. The summed E-state index contributed by atoms with van der Waals surface area (Å²) in [5, 5.41) is 0. The second-order valence-electron chi connectivity index (χ2n) is 4.16. The number of halogens is 2. The Balaban J connectivity index is 2.49. The third kappa shape index (κ3) is 2.84. The predicted molar refractivity (Wildman–Crippen MR) is 75.3 cm³/mol. The summed E-state index contributed by atoms with van der Waals surface area (Å²) >= 11 is 3.08. The minimum Gasteiger partial charge on any atom is -0.496 e. The summed E-state index contributed by atoms with van der Waals surface area (Å²) in [6.07, 6.45) is 0. The van der Waals surface area contributed by atoms with Crippen LogP contribution in [0.15, 0.2) is 40.9 Å². The molecule has 0 radical (unpaired) electrons. The minimum atomic E-state index is -0.461. The molecule has 2 nitrogen and oxygen atoms in total. The van der Waals surface area contributed by atoms with Gasteiger partial charge >= 0.3 is 0 Å². The summed E-state index contributed by atoms with van der Waals surface area (Å²) < 4.78 is 18.7. The van der Waals surface area contributed by atoms with E-state index in [9.17, 15) is 9.18 Å². The maximum absolute atomic E-state index is 13.4. The highest BCUT2D eigenvalue weighted by atomic mass is 79.9. The zero-order valence-corrected chi connectivity index (χ0v) is 12.1. The standard InChI is InChI=1S/C15H12BrFO2/c1-9-3-5-10(6-4-9)15(18)11-7-12(16)13(17)8-14(11)19-2/h3-8H,1-2H3. The Bertz CT molecular complexity index is 621. The molecule has 4 heteroatoms. The van der Waals surface area contributed by atoms with Crippen LogP contribution in [0.4, 0.5) is 4.39 Å². The molecule has 0 fully saturated rings. The molecule has 2 rings (SSSR count). The molecule has 0 unspecified atom stereocenters. The first-order chi connectivity index (χ1) is 9.02. The summed E-state index contributed by atoms with van der Waals surface area (Å²) in [7, 11) is 1.41. The number of aryl methyl sites for hydroxylation is 1. The lowest BCUT2D eigenvalue weighted by Gasteiger charge is -2.09. The summed E-state index contributed by atoms with van der Waals surface area (Å²) in [5.74, 6) is -0.430. The van der Waals surface area contributed by atoms with Crippen LogP contribution in [0.2, 0.25) is 0 Å². The van der Waals surface area contributed by atoms with E-state index in [2.05, 4.69) is 15.9 Å². The van der Waals surface area contributed by atoms with Gasteiger partial charge < -0.3 is 4.74 Å². The van der Waals surface area contributed by atoms with E-state index in [1.54, 1.807) is 12.1 Å². The van der Waals surface area contributed by atoms with Gasteiger partial charge in [0.2, 0.25) is 0 Å². The Kier molecular flexibility index (Phi) is 4.00. The summed E-state index contributed by atoms with van der Waals surface area (Å²) in [6.45, 7) is 1.95. The molecule has 0 spiro atoms. The number of carbonyl (C=O) groups excluding carboxylic acids is 1. The molecule has 0 N–H and O–H groups in total. The average molecular weight is 323 g/mol. The van der Waals surface area contributed by atoms with Crippen LogP contribution in [0.1, 0.15) is 21.5 Å². The van der Waals surface area contributed by atoms with Crippen molar-refractivity contribution in [2.45, 2.75) is 6.92 Å². The normalized spacial score (nSPS) is 10.3. The van der Waals surface area contributed by atoms with Gasteiger partial charge in [-0.15, -0.1) is 0 Å². The molecule has 0 bridgehead atoms. The Morgan fingerprint density at radius 1 is 1.21 bits per heavy atom. The van der Waals surface area contributed by atoms with E-state index in [0.29, 0.717) is 11.1 Å². The summed E-state index contributed by atoms with van der Waals surface area (Å²) in [4.78, 5) is 12.4. The highest BCUT2D eigenvalue weighted by Gasteiger charge is 2.17. The van der Waals surface area contributed by atoms with Crippen molar-refractivity contribution in [1.29, 1.82) is 0 Å². The van der Waals surface area contributed by atoms with Crippen LogP contribution in [-0.2, 0) is 0 Å². The van der Waals surface area contributed by atoms with E-state index in [0.717, 1.165) is 5.56 Å². The molecule has 0 aliphatic carbocycles. The largest absolute Gasteiger partial charge is 0.496 e. The highest BCUT2D eigenvalue weighted by molar-refractivity contribution is 9.10. The first-order valence-corrected chi connectivity index (χ1v) is 6.46. The van der Waals surface area contributed by atoms with E-state index < -0.39 is 5.82 Å². The molecule has 0 heterocycles. The first kappa shape index (κ1) is 13.7. The summed E-state index contributed by atoms with van der Waals surface area (Å²) in [6, 6.07) is 9.85. The molecule has 98 valence electrons. The molecule has 0 saturated carbocycles. The Morgan fingerprint density at radius 3 is 2.42 bits per heavy atom. The fraction of sp³-hybridized carbons (Fsp3) is 0.133. The highest BCUT2D eigenvalue weighted by Crippen LogP contribution is 2.28. The average Bonchev–Trinajstić information content (AvgIpc) is 2.41. The van der Waals surface area contributed by atoms with Gasteiger partial charge in [-0.2, -0.15) is 0 Å². The lowest BCUT2D eigenvalue weighted by molar-refractivity contribution is 0.103. The molecular formula is C15H12BrFO2. The molecule has 0 amide bonds. The molecule has 0 aliphatic heterocycles. The van der Waals surface area contributed by atoms with Gasteiger partial charge in [0.05, 0.1) is 17.1 Å². The van der Waals surface area contributed by atoms with Gasteiger partial charge in [0.1, 0.15) is 11.6 Å². The molecule has 0 atom stereocenters.